The molecule has 0 spiro atoms. The second-order valence-electron chi connectivity index (χ2n) is 4.65. The first-order valence-electron chi connectivity index (χ1n) is 6.15. The standard InChI is InChI=1S/C12H24N2O/c1-4-12(13,5-2)11(15)14(6-3)9-10-7-8-10/h10H,4-9,13H2,1-3H3. The highest BCUT2D eigenvalue weighted by Crippen LogP contribution is 2.30. The number of carbonyl (C=O) groups is 1. The lowest BCUT2D eigenvalue weighted by Crippen LogP contribution is -2.55. The summed E-state index contributed by atoms with van der Waals surface area (Å²) in [5, 5.41) is 0. The number of rotatable bonds is 6. The van der Waals surface area contributed by atoms with Crippen molar-refractivity contribution in [2.75, 3.05) is 13.1 Å². The zero-order chi connectivity index (χ0) is 11.5. The maximum Gasteiger partial charge on any atom is 0.242 e. The van der Waals surface area contributed by atoms with Crippen molar-refractivity contribution in [3.05, 3.63) is 0 Å². The lowest BCUT2D eigenvalue weighted by Gasteiger charge is -2.32. The number of carbonyl (C=O) groups excluding carboxylic acids is 1. The number of nitrogens with two attached hydrogens (primary N) is 1. The van der Waals surface area contributed by atoms with Gasteiger partial charge in [0.05, 0.1) is 5.54 Å². The van der Waals surface area contributed by atoms with E-state index in [-0.39, 0.29) is 5.91 Å². The van der Waals surface area contributed by atoms with Crippen LogP contribution < -0.4 is 5.73 Å². The second-order valence-corrected chi connectivity index (χ2v) is 4.65. The van der Waals surface area contributed by atoms with Crippen LogP contribution in [0.15, 0.2) is 0 Å². The molecule has 0 aromatic heterocycles. The van der Waals surface area contributed by atoms with Crippen LogP contribution in [0, 0.1) is 5.92 Å². The number of likely N-dealkylation sites (N-methyl/N-ethyl adjacent to an activating group) is 1. The number of amides is 1. The van der Waals surface area contributed by atoms with Crippen LogP contribution in [0.25, 0.3) is 0 Å². The monoisotopic (exact) mass is 212 g/mol. The van der Waals surface area contributed by atoms with E-state index in [4.69, 9.17) is 5.73 Å². The summed E-state index contributed by atoms with van der Waals surface area (Å²) in [4.78, 5) is 14.2. The van der Waals surface area contributed by atoms with Gasteiger partial charge in [-0.05, 0) is 38.5 Å². The normalized spacial score (nSPS) is 16.5. The Balaban J connectivity index is 2.60. The number of nitrogens with zero attached hydrogens (tertiary/aromatic N) is 1. The van der Waals surface area contributed by atoms with E-state index < -0.39 is 5.54 Å². The molecule has 0 radical (unpaired) electrons. The molecule has 1 aliphatic carbocycles. The minimum absolute atomic E-state index is 0.141. The highest BCUT2D eigenvalue weighted by Gasteiger charge is 2.35. The molecule has 0 aliphatic heterocycles. The second kappa shape index (κ2) is 4.97. The lowest BCUT2D eigenvalue weighted by atomic mass is 9.92. The first kappa shape index (κ1) is 12.5. The molecule has 88 valence electrons. The Bertz CT molecular complexity index is 220. The molecule has 1 saturated carbocycles. The Morgan fingerprint density at radius 1 is 1.33 bits per heavy atom. The number of hydrogen-bond donors (Lipinski definition) is 1. The van der Waals surface area contributed by atoms with Gasteiger partial charge in [-0.3, -0.25) is 4.79 Å². The van der Waals surface area contributed by atoms with Gasteiger partial charge in [-0.25, -0.2) is 0 Å². The Hall–Kier alpha value is -0.570. The van der Waals surface area contributed by atoms with E-state index in [1.165, 1.54) is 12.8 Å². The third-order valence-electron chi connectivity index (χ3n) is 3.53. The quantitative estimate of drug-likeness (QED) is 0.729. The van der Waals surface area contributed by atoms with Crippen molar-refractivity contribution in [3.63, 3.8) is 0 Å². The van der Waals surface area contributed by atoms with E-state index in [9.17, 15) is 4.79 Å². The summed E-state index contributed by atoms with van der Waals surface area (Å²) < 4.78 is 0. The van der Waals surface area contributed by atoms with Crippen molar-refractivity contribution >= 4 is 5.91 Å². The molecule has 0 aromatic rings. The predicted molar refractivity (Wildman–Crippen MR) is 62.5 cm³/mol. The fourth-order valence-electron chi connectivity index (χ4n) is 1.84. The Kier molecular flexibility index (Phi) is 4.14. The van der Waals surface area contributed by atoms with Gasteiger partial charge in [-0.15, -0.1) is 0 Å². The lowest BCUT2D eigenvalue weighted by molar-refractivity contribution is -0.137. The molecule has 1 rings (SSSR count). The van der Waals surface area contributed by atoms with Crippen molar-refractivity contribution in [2.45, 2.75) is 52.0 Å². The van der Waals surface area contributed by atoms with E-state index in [2.05, 4.69) is 0 Å². The van der Waals surface area contributed by atoms with Gasteiger partial charge in [-0.2, -0.15) is 0 Å². The van der Waals surface area contributed by atoms with Crippen LogP contribution in [-0.2, 0) is 4.79 Å². The zero-order valence-corrected chi connectivity index (χ0v) is 10.3. The summed E-state index contributed by atoms with van der Waals surface area (Å²) in [7, 11) is 0. The molecule has 15 heavy (non-hydrogen) atoms. The Labute approximate surface area is 93.0 Å². The molecule has 0 unspecified atom stereocenters. The Morgan fingerprint density at radius 2 is 1.87 bits per heavy atom. The summed E-state index contributed by atoms with van der Waals surface area (Å²) in [6, 6.07) is 0. The van der Waals surface area contributed by atoms with Gasteiger partial charge in [-0.1, -0.05) is 13.8 Å². The smallest absolute Gasteiger partial charge is 0.242 e. The first-order chi connectivity index (χ1) is 7.07. The summed E-state index contributed by atoms with van der Waals surface area (Å²) in [5.74, 6) is 0.883. The van der Waals surface area contributed by atoms with Crippen molar-refractivity contribution in [3.8, 4) is 0 Å². The molecule has 3 heteroatoms. The average Bonchev–Trinajstić information content (AvgIpc) is 3.07. The molecule has 1 aliphatic rings. The molecule has 0 saturated heterocycles. The molecule has 3 nitrogen and oxygen atoms in total. The van der Waals surface area contributed by atoms with Crippen LogP contribution in [0.4, 0.5) is 0 Å². The molecule has 0 atom stereocenters. The minimum Gasteiger partial charge on any atom is -0.341 e. The first-order valence-corrected chi connectivity index (χ1v) is 6.15. The van der Waals surface area contributed by atoms with Gasteiger partial charge in [0.15, 0.2) is 0 Å². The largest absolute Gasteiger partial charge is 0.341 e. The Morgan fingerprint density at radius 3 is 2.20 bits per heavy atom. The average molecular weight is 212 g/mol. The molecule has 0 bridgehead atoms. The van der Waals surface area contributed by atoms with Crippen molar-refractivity contribution in [1.82, 2.24) is 4.90 Å². The molecular weight excluding hydrogens is 188 g/mol. The van der Waals surface area contributed by atoms with Crippen LogP contribution in [0.3, 0.4) is 0 Å². The van der Waals surface area contributed by atoms with Crippen LogP contribution in [0.1, 0.15) is 46.5 Å². The number of hydrogen-bond acceptors (Lipinski definition) is 2. The van der Waals surface area contributed by atoms with E-state index in [0.29, 0.717) is 0 Å². The van der Waals surface area contributed by atoms with Gasteiger partial charge in [0.1, 0.15) is 0 Å². The molecule has 1 fully saturated rings. The summed E-state index contributed by atoms with van der Waals surface area (Å²) in [5.41, 5.74) is 5.49. The third-order valence-corrected chi connectivity index (χ3v) is 3.53. The fraction of sp³-hybridized carbons (Fsp3) is 0.917. The summed E-state index contributed by atoms with van der Waals surface area (Å²) in [6.07, 6.45) is 4.01. The zero-order valence-electron chi connectivity index (χ0n) is 10.3. The van der Waals surface area contributed by atoms with Crippen molar-refractivity contribution in [2.24, 2.45) is 11.7 Å². The van der Waals surface area contributed by atoms with Crippen LogP contribution in [0.5, 0.6) is 0 Å². The molecule has 0 heterocycles. The van der Waals surface area contributed by atoms with Crippen LogP contribution in [0.2, 0.25) is 0 Å². The van der Waals surface area contributed by atoms with Gasteiger partial charge in [0.25, 0.3) is 0 Å². The molecular formula is C12H24N2O. The SMILES string of the molecule is CCN(CC1CC1)C(=O)C(N)(CC)CC. The third kappa shape index (κ3) is 2.94. The van der Waals surface area contributed by atoms with Crippen LogP contribution in [-0.4, -0.2) is 29.4 Å². The minimum atomic E-state index is -0.634. The van der Waals surface area contributed by atoms with Gasteiger partial charge < -0.3 is 10.6 Å². The van der Waals surface area contributed by atoms with Crippen molar-refractivity contribution < 1.29 is 4.79 Å². The summed E-state index contributed by atoms with van der Waals surface area (Å²) >= 11 is 0. The van der Waals surface area contributed by atoms with Gasteiger partial charge >= 0.3 is 0 Å². The van der Waals surface area contributed by atoms with Gasteiger partial charge in [0, 0.05) is 13.1 Å². The highest BCUT2D eigenvalue weighted by atomic mass is 16.2. The highest BCUT2D eigenvalue weighted by molar-refractivity contribution is 5.86. The summed E-state index contributed by atoms with van der Waals surface area (Å²) in [6.45, 7) is 7.72. The van der Waals surface area contributed by atoms with E-state index in [1.807, 2.05) is 25.7 Å². The van der Waals surface area contributed by atoms with Gasteiger partial charge in [0.2, 0.25) is 5.91 Å². The molecule has 0 aromatic carbocycles. The van der Waals surface area contributed by atoms with Crippen LogP contribution >= 0.6 is 0 Å². The predicted octanol–water partition coefficient (Wildman–Crippen LogP) is 1.76. The topological polar surface area (TPSA) is 46.3 Å². The molecule has 1 amide bonds. The van der Waals surface area contributed by atoms with E-state index >= 15 is 0 Å². The van der Waals surface area contributed by atoms with E-state index in [1.54, 1.807) is 0 Å². The van der Waals surface area contributed by atoms with Crippen molar-refractivity contribution in [1.29, 1.82) is 0 Å². The molecule has 2 N–H and O–H groups in total. The maximum atomic E-state index is 12.2. The maximum absolute atomic E-state index is 12.2. The van der Waals surface area contributed by atoms with E-state index in [0.717, 1.165) is 31.8 Å². The fourth-order valence-corrected chi connectivity index (χ4v) is 1.84.